The van der Waals surface area contributed by atoms with Gasteiger partial charge in [-0.05, 0) is 48.0 Å². The SMILES string of the molecule is CCCN(C=O)[N+](C(C)C)(C(C)C)C(C)C. The molecule has 0 atom stereocenters. The number of carbonyl (C=O) groups is 1. The van der Waals surface area contributed by atoms with Crippen LogP contribution in [0, 0.1) is 0 Å². The minimum atomic E-state index is 0.414. The topological polar surface area (TPSA) is 20.3 Å². The first kappa shape index (κ1) is 15.4. The quantitative estimate of drug-likeness (QED) is 0.373. The zero-order chi connectivity index (χ0) is 12.9. The van der Waals surface area contributed by atoms with E-state index in [0.717, 1.165) is 24.0 Å². The van der Waals surface area contributed by atoms with Crippen molar-refractivity contribution in [2.75, 3.05) is 6.54 Å². The van der Waals surface area contributed by atoms with Gasteiger partial charge in [0.05, 0.1) is 6.54 Å². The molecule has 3 heteroatoms. The minimum Gasteiger partial charge on any atom is -0.273 e. The van der Waals surface area contributed by atoms with Crippen LogP contribution in [0.25, 0.3) is 0 Å². The standard InChI is InChI=1S/C13H29N2O/c1-8-9-14(10-16)15(11(2)3,12(4)5)13(6)7/h10-13H,8-9H2,1-7H3/q+1. The Balaban J connectivity index is 5.38. The van der Waals surface area contributed by atoms with Gasteiger partial charge >= 0.3 is 0 Å². The van der Waals surface area contributed by atoms with Crippen LogP contribution in [0.15, 0.2) is 0 Å². The van der Waals surface area contributed by atoms with E-state index in [-0.39, 0.29) is 0 Å². The van der Waals surface area contributed by atoms with Crippen LogP contribution in [0.5, 0.6) is 0 Å². The lowest BCUT2D eigenvalue weighted by molar-refractivity contribution is -1.07. The molecule has 0 aromatic carbocycles. The van der Waals surface area contributed by atoms with Gasteiger partial charge in [-0.3, -0.25) is 4.79 Å². The molecule has 0 saturated heterocycles. The Kier molecular flexibility index (Phi) is 6.01. The molecule has 0 aliphatic carbocycles. The molecule has 0 aromatic heterocycles. The number of rotatable bonds is 7. The Morgan fingerprint density at radius 1 is 1.00 bits per heavy atom. The van der Waals surface area contributed by atoms with Gasteiger partial charge in [0.2, 0.25) is 0 Å². The molecular formula is C13H29N2O+. The monoisotopic (exact) mass is 229 g/mol. The number of amides is 1. The second-order valence-electron chi connectivity index (χ2n) is 5.34. The van der Waals surface area contributed by atoms with Crippen molar-refractivity contribution in [1.29, 1.82) is 0 Å². The molecule has 0 aromatic rings. The van der Waals surface area contributed by atoms with Crippen LogP contribution >= 0.6 is 0 Å². The second-order valence-corrected chi connectivity index (χ2v) is 5.34. The first-order chi connectivity index (χ1) is 7.35. The van der Waals surface area contributed by atoms with E-state index in [4.69, 9.17) is 0 Å². The van der Waals surface area contributed by atoms with Crippen LogP contribution in [0.4, 0.5) is 0 Å². The van der Waals surface area contributed by atoms with E-state index in [2.05, 4.69) is 48.5 Å². The highest BCUT2D eigenvalue weighted by molar-refractivity contribution is 5.45. The number of hydrogen-bond acceptors (Lipinski definition) is 1. The van der Waals surface area contributed by atoms with Crippen molar-refractivity contribution >= 4 is 6.41 Å². The lowest BCUT2D eigenvalue weighted by atomic mass is 10.1. The molecule has 16 heavy (non-hydrogen) atoms. The maximum atomic E-state index is 11.4. The van der Waals surface area contributed by atoms with Crippen LogP contribution in [0.2, 0.25) is 0 Å². The van der Waals surface area contributed by atoms with E-state index in [1.807, 2.05) is 5.01 Å². The molecule has 0 heterocycles. The Labute approximate surface area is 101 Å². The first-order valence-corrected chi connectivity index (χ1v) is 6.46. The number of nitrogens with zero attached hydrogens (tertiary/aromatic N) is 2. The van der Waals surface area contributed by atoms with Gasteiger partial charge in [0.1, 0.15) is 18.1 Å². The zero-order valence-corrected chi connectivity index (χ0v) is 12.0. The third kappa shape index (κ3) is 2.57. The normalized spacial score (nSPS) is 12.6. The van der Waals surface area contributed by atoms with Crippen LogP contribution in [0.1, 0.15) is 54.9 Å². The van der Waals surface area contributed by atoms with Gasteiger partial charge in [0, 0.05) is 0 Å². The van der Waals surface area contributed by atoms with Crippen molar-refractivity contribution in [3.8, 4) is 0 Å². The van der Waals surface area contributed by atoms with Crippen molar-refractivity contribution in [3.05, 3.63) is 0 Å². The predicted molar refractivity (Wildman–Crippen MR) is 68.7 cm³/mol. The van der Waals surface area contributed by atoms with E-state index in [9.17, 15) is 4.79 Å². The molecule has 0 unspecified atom stereocenters. The molecular weight excluding hydrogens is 200 g/mol. The number of hydrogen-bond donors (Lipinski definition) is 0. The summed E-state index contributed by atoms with van der Waals surface area (Å²) in [6, 6.07) is 1.24. The predicted octanol–water partition coefficient (Wildman–Crippen LogP) is 2.81. The number of carbonyl (C=O) groups excluding carboxylic acids is 1. The van der Waals surface area contributed by atoms with Crippen LogP contribution < -0.4 is 0 Å². The summed E-state index contributed by atoms with van der Waals surface area (Å²) >= 11 is 0. The van der Waals surface area contributed by atoms with Crippen LogP contribution in [-0.2, 0) is 4.79 Å². The fourth-order valence-electron chi connectivity index (χ4n) is 3.22. The fourth-order valence-corrected chi connectivity index (χ4v) is 3.22. The Hall–Kier alpha value is -0.570. The smallest absolute Gasteiger partial charge is 0.255 e. The van der Waals surface area contributed by atoms with E-state index in [0.29, 0.717) is 18.1 Å². The van der Waals surface area contributed by atoms with Gasteiger partial charge in [-0.15, -0.1) is 0 Å². The Morgan fingerprint density at radius 2 is 1.38 bits per heavy atom. The average molecular weight is 229 g/mol. The molecule has 0 rings (SSSR count). The Morgan fingerprint density at radius 3 is 1.56 bits per heavy atom. The van der Waals surface area contributed by atoms with Gasteiger partial charge < -0.3 is 0 Å². The second kappa shape index (κ2) is 6.24. The number of quaternary nitrogens is 1. The van der Waals surface area contributed by atoms with Crippen molar-refractivity contribution in [3.63, 3.8) is 0 Å². The molecule has 0 radical (unpaired) electrons. The summed E-state index contributed by atoms with van der Waals surface area (Å²) in [7, 11) is 0. The van der Waals surface area contributed by atoms with Gasteiger partial charge in [-0.25, -0.2) is 4.59 Å². The fraction of sp³-hybridized carbons (Fsp3) is 0.923. The van der Waals surface area contributed by atoms with E-state index >= 15 is 0 Å². The van der Waals surface area contributed by atoms with E-state index < -0.39 is 0 Å². The molecule has 0 N–H and O–H groups in total. The summed E-state index contributed by atoms with van der Waals surface area (Å²) < 4.78 is 0.747. The largest absolute Gasteiger partial charge is 0.273 e. The molecule has 96 valence electrons. The van der Waals surface area contributed by atoms with Crippen molar-refractivity contribution in [2.45, 2.75) is 73.0 Å². The Bertz CT molecular complexity index is 190. The zero-order valence-electron chi connectivity index (χ0n) is 12.0. The maximum Gasteiger partial charge on any atom is 0.255 e. The highest BCUT2D eigenvalue weighted by atomic mass is 16.2. The van der Waals surface area contributed by atoms with Crippen LogP contribution in [0.3, 0.4) is 0 Å². The minimum absolute atomic E-state index is 0.414. The third-order valence-electron chi connectivity index (χ3n) is 3.50. The highest BCUT2D eigenvalue weighted by Gasteiger charge is 2.43. The maximum absolute atomic E-state index is 11.4. The molecule has 0 aliphatic heterocycles. The highest BCUT2D eigenvalue weighted by Crippen LogP contribution is 2.27. The third-order valence-corrected chi connectivity index (χ3v) is 3.50. The van der Waals surface area contributed by atoms with Gasteiger partial charge in [-0.2, -0.15) is 5.01 Å². The van der Waals surface area contributed by atoms with Crippen molar-refractivity contribution < 1.29 is 9.39 Å². The summed E-state index contributed by atoms with van der Waals surface area (Å²) in [5.41, 5.74) is 0. The average Bonchev–Trinajstić information content (AvgIpc) is 2.15. The summed E-state index contributed by atoms with van der Waals surface area (Å²) in [6.45, 7) is 16.2. The van der Waals surface area contributed by atoms with Crippen molar-refractivity contribution in [2.24, 2.45) is 0 Å². The molecule has 3 nitrogen and oxygen atoms in total. The van der Waals surface area contributed by atoms with Gasteiger partial charge in [-0.1, -0.05) is 6.92 Å². The molecule has 0 aliphatic rings. The van der Waals surface area contributed by atoms with Crippen molar-refractivity contribution in [1.82, 2.24) is 5.01 Å². The van der Waals surface area contributed by atoms with Gasteiger partial charge in [0.15, 0.2) is 0 Å². The molecule has 0 spiro atoms. The summed E-state index contributed by atoms with van der Waals surface area (Å²) in [6.07, 6.45) is 2.02. The lowest BCUT2D eigenvalue weighted by Gasteiger charge is -2.52. The molecule has 0 bridgehead atoms. The molecule has 1 amide bonds. The first-order valence-electron chi connectivity index (χ1n) is 6.46. The lowest BCUT2D eigenvalue weighted by Crippen LogP contribution is -2.70. The van der Waals surface area contributed by atoms with E-state index in [1.165, 1.54) is 0 Å². The molecule has 0 saturated carbocycles. The van der Waals surface area contributed by atoms with Gasteiger partial charge in [0.25, 0.3) is 6.41 Å². The van der Waals surface area contributed by atoms with E-state index in [1.54, 1.807) is 0 Å². The summed E-state index contributed by atoms with van der Waals surface area (Å²) in [5.74, 6) is 0. The summed E-state index contributed by atoms with van der Waals surface area (Å²) in [5, 5.41) is 1.97. The van der Waals surface area contributed by atoms with Crippen LogP contribution in [-0.4, -0.2) is 40.7 Å². The summed E-state index contributed by atoms with van der Waals surface area (Å²) in [4.78, 5) is 11.4. The molecule has 0 fully saturated rings.